The second-order valence-electron chi connectivity index (χ2n) is 2.66. The minimum atomic E-state index is -0.208. The maximum absolute atomic E-state index is 8.51. The maximum Gasteiger partial charge on any atom is 0.103 e. The first kappa shape index (κ1) is 5.58. The minimum Gasteiger partial charge on any atom is -0.283 e. The molecular weight excluding hydrogens is 100 g/mol. The number of rotatable bonds is 1. The molecule has 0 aromatic rings. The number of hydrogen-bond acceptors (Lipinski definition) is 2. The van der Waals surface area contributed by atoms with Crippen LogP contribution in [0.15, 0.2) is 0 Å². The van der Waals surface area contributed by atoms with Gasteiger partial charge in [-0.25, -0.2) is 0 Å². The Kier molecular flexibility index (Phi) is 1.02. The highest BCUT2D eigenvalue weighted by Gasteiger charge is 2.33. The minimum absolute atomic E-state index is 0.208. The van der Waals surface area contributed by atoms with Crippen molar-refractivity contribution in [3.63, 3.8) is 0 Å². The first-order chi connectivity index (χ1) is 3.67. The summed E-state index contributed by atoms with van der Waals surface area (Å²) in [5.74, 6) is 0. The van der Waals surface area contributed by atoms with Crippen molar-refractivity contribution in [2.75, 3.05) is 13.1 Å². The van der Waals surface area contributed by atoms with Crippen molar-refractivity contribution < 1.29 is 0 Å². The van der Waals surface area contributed by atoms with Gasteiger partial charge in [0, 0.05) is 13.1 Å². The van der Waals surface area contributed by atoms with Crippen LogP contribution in [0.4, 0.5) is 0 Å². The van der Waals surface area contributed by atoms with E-state index < -0.39 is 0 Å². The van der Waals surface area contributed by atoms with Crippen LogP contribution in [0.1, 0.15) is 13.8 Å². The van der Waals surface area contributed by atoms with Crippen LogP contribution in [-0.4, -0.2) is 23.5 Å². The van der Waals surface area contributed by atoms with Gasteiger partial charge in [0.1, 0.15) is 5.54 Å². The molecule has 0 N–H and O–H groups in total. The second-order valence-corrected chi connectivity index (χ2v) is 2.66. The molecule has 1 heterocycles. The fourth-order valence-corrected chi connectivity index (χ4v) is 0.680. The summed E-state index contributed by atoms with van der Waals surface area (Å²) in [4.78, 5) is 2.13. The Labute approximate surface area is 49.7 Å². The molecule has 1 rings (SSSR count). The molecule has 0 aromatic carbocycles. The molecule has 1 fully saturated rings. The van der Waals surface area contributed by atoms with Crippen LogP contribution >= 0.6 is 0 Å². The summed E-state index contributed by atoms with van der Waals surface area (Å²) in [6.07, 6.45) is 0. The van der Waals surface area contributed by atoms with Crippen molar-refractivity contribution in [1.29, 1.82) is 5.26 Å². The van der Waals surface area contributed by atoms with Crippen LogP contribution in [-0.2, 0) is 0 Å². The lowest BCUT2D eigenvalue weighted by molar-refractivity contribution is 0.364. The summed E-state index contributed by atoms with van der Waals surface area (Å²) < 4.78 is 0. The van der Waals surface area contributed by atoms with Gasteiger partial charge in [-0.15, -0.1) is 0 Å². The third-order valence-electron chi connectivity index (χ3n) is 1.51. The van der Waals surface area contributed by atoms with Gasteiger partial charge in [-0.2, -0.15) is 5.26 Å². The largest absolute Gasteiger partial charge is 0.283 e. The first-order valence-corrected chi connectivity index (χ1v) is 2.83. The molecule has 8 heavy (non-hydrogen) atoms. The Morgan fingerprint density at radius 2 is 2.00 bits per heavy atom. The molecule has 0 bridgehead atoms. The van der Waals surface area contributed by atoms with Crippen molar-refractivity contribution >= 4 is 0 Å². The average molecular weight is 110 g/mol. The van der Waals surface area contributed by atoms with Crippen LogP contribution in [0.5, 0.6) is 0 Å². The fraction of sp³-hybridized carbons (Fsp3) is 0.833. The Morgan fingerprint density at radius 1 is 1.50 bits per heavy atom. The summed E-state index contributed by atoms with van der Waals surface area (Å²) in [6, 6.07) is 2.23. The molecule has 0 saturated carbocycles. The zero-order valence-corrected chi connectivity index (χ0v) is 5.31. The van der Waals surface area contributed by atoms with Gasteiger partial charge in [-0.1, -0.05) is 0 Å². The quantitative estimate of drug-likeness (QED) is 0.462. The molecule has 0 atom stereocenters. The highest BCUT2D eigenvalue weighted by molar-refractivity contribution is 5.06. The SMILES string of the molecule is CC(C)(C#N)N1CC1. The third kappa shape index (κ3) is 0.823. The van der Waals surface area contributed by atoms with Crippen molar-refractivity contribution in [3.8, 4) is 6.07 Å². The molecule has 44 valence electrons. The molecular formula is C6H10N2. The molecule has 0 spiro atoms. The molecule has 1 aliphatic rings. The van der Waals surface area contributed by atoms with Crippen LogP contribution < -0.4 is 0 Å². The topological polar surface area (TPSA) is 26.8 Å². The predicted octanol–water partition coefficient (Wildman–Crippen LogP) is 0.604. The van der Waals surface area contributed by atoms with Gasteiger partial charge in [-0.05, 0) is 13.8 Å². The Balaban J connectivity index is 2.53. The van der Waals surface area contributed by atoms with E-state index in [2.05, 4.69) is 11.0 Å². The Bertz CT molecular complexity index is 128. The lowest BCUT2D eigenvalue weighted by Gasteiger charge is -2.14. The molecule has 0 radical (unpaired) electrons. The molecule has 0 aliphatic carbocycles. The lowest BCUT2D eigenvalue weighted by Crippen LogP contribution is -2.27. The van der Waals surface area contributed by atoms with Gasteiger partial charge in [0.25, 0.3) is 0 Å². The summed E-state index contributed by atoms with van der Waals surface area (Å²) in [5, 5.41) is 8.51. The van der Waals surface area contributed by atoms with E-state index in [1.165, 1.54) is 0 Å². The first-order valence-electron chi connectivity index (χ1n) is 2.83. The molecule has 2 heteroatoms. The summed E-state index contributed by atoms with van der Waals surface area (Å²) in [7, 11) is 0. The number of nitrogens with zero attached hydrogens (tertiary/aromatic N) is 2. The zero-order valence-electron chi connectivity index (χ0n) is 5.31. The van der Waals surface area contributed by atoms with E-state index in [9.17, 15) is 0 Å². The number of hydrogen-bond donors (Lipinski definition) is 0. The molecule has 1 saturated heterocycles. The third-order valence-corrected chi connectivity index (χ3v) is 1.51. The predicted molar refractivity (Wildman–Crippen MR) is 31.3 cm³/mol. The van der Waals surface area contributed by atoms with Crippen molar-refractivity contribution in [1.82, 2.24) is 4.90 Å². The highest BCUT2D eigenvalue weighted by Crippen LogP contribution is 2.19. The average Bonchev–Trinajstić information content (AvgIpc) is 2.44. The van der Waals surface area contributed by atoms with Gasteiger partial charge in [0.2, 0.25) is 0 Å². The molecule has 0 amide bonds. The van der Waals surface area contributed by atoms with E-state index in [0.717, 1.165) is 13.1 Å². The van der Waals surface area contributed by atoms with Gasteiger partial charge in [0.15, 0.2) is 0 Å². The van der Waals surface area contributed by atoms with Gasteiger partial charge >= 0.3 is 0 Å². The Morgan fingerprint density at radius 3 is 2.12 bits per heavy atom. The Hall–Kier alpha value is -0.550. The number of nitriles is 1. The van der Waals surface area contributed by atoms with E-state index in [-0.39, 0.29) is 5.54 Å². The second kappa shape index (κ2) is 1.46. The van der Waals surface area contributed by atoms with Crippen molar-refractivity contribution in [3.05, 3.63) is 0 Å². The summed E-state index contributed by atoms with van der Waals surface area (Å²) >= 11 is 0. The van der Waals surface area contributed by atoms with Crippen molar-refractivity contribution in [2.45, 2.75) is 19.4 Å². The van der Waals surface area contributed by atoms with E-state index in [4.69, 9.17) is 5.26 Å². The zero-order chi connectivity index (χ0) is 6.20. The van der Waals surface area contributed by atoms with Gasteiger partial charge < -0.3 is 0 Å². The van der Waals surface area contributed by atoms with E-state index in [0.29, 0.717) is 0 Å². The normalized spacial score (nSPS) is 20.1. The summed E-state index contributed by atoms with van der Waals surface area (Å²) in [5.41, 5.74) is -0.208. The highest BCUT2D eigenvalue weighted by atomic mass is 15.3. The lowest BCUT2D eigenvalue weighted by atomic mass is 10.1. The monoisotopic (exact) mass is 110 g/mol. The van der Waals surface area contributed by atoms with E-state index in [1.54, 1.807) is 0 Å². The molecule has 0 aromatic heterocycles. The van der Waals surface area contributed by atoms with Crippen LogP contribution in [0, 0.1) is 11.3 Å². The van der Waals surface area contributed by atoms with Crippen LogP contribution in [0.3, 0.4) is 0 Å². The van der Waals surface area contributed by atoms with Crippen molar-refractivity contribution in [2.24, 2.45) is 0 Å². The van der Waals surface area contributed by atoms with E-state index >= 15 is 0 Å². The smallest absolute Gasteiger partial charge is 0.103 e. The maximum atomic E-state index is 8.51. The molecule has 2 nitrogen and oxygen atoms in total. The summed E-state index contributed by atoms with van der Waals surface area (Å²) in [6.45, 7) is 6.08. The van der Waals surface area contributed by atoms with Gasteiger partial charge in [0.05, 0.1) is 6.07 Å². The molecule has 0 unspecified atom stereocenters. The van der Waals surface area contributed by atoms with Crippen LogP contribution in [0.2, 0.25) is 0 Å². The van der Waals surface area contributed by atoms with Gasteiger partial charge in [-0.3, -0.25) is 4.90 Å². The van der Waals surface area contributed by atoms with E-state index in [1.807, 2.05) is 13.8 Å². The standard InChI is InChI=1S/C6H10N2/c1-6(2,5-7)8-3-4-8/h3-4H2,1-2H3. The fourth-order valence-electron chi connectivity index (χ4n) is 0.680. The van der Waals surface area contributed by atoms with Crippen LogP contribution in [0.25, 0.3) is 0 Å². The molecule has 1 aliphatic heterocycles.